The Balaban J connectivity index is 3.34. The van der Waals surface area contributed by atoms with Crippen molar-refractivity contribution in [1.82, 2.24) is 0 Å². The van der Waals surface area contributed by atoms with E-state index in [-0.39, 0.29) is 0 Å². The third-order valence-corrected chi connectivity index (χ3v) is 1.67. The number of ether oxygens (including phenoxy) is 2. The van der Waals surface area contributed by atoms with Crippen molar-refractivity contribution in [2.45, 2.75) is 46.1 Å². The predicted octanol–water partition coefficient (Wildman–Crippen LogP) is 2.62. The van der Waals surface area contributed by atoms with Gasteiger partial charge in [0.1, 0.15) is 0 Å². The highest BCUT2D eigenvalue weighted by Gasteiger charge is 2.06. The lowest BCUT2D eigenvalue weighted by Gasteiger charge is -2.15. The van der Waals surface area contributed by atoms with E-state index in [1.807, 2.05) is 6.92 Å². The van der Waals surface area contributed by atoms with Gasteiger partial charge in [-0.15, -0.1) is 0 Å². The Morgan fingerprint density at radius 2 is 1.83 bits per heavy atom. The highest BCUT2D eigenvalue weighted by atomic mass is 16.5. The Morgan fingerprint density at radius 1 is 1.08 bits per heavy atom. The van der Waals surface area contributed by atoms with Crippen LogP contribution >= 0.6 is 0 Å². The van der Waals surface area contributed by atoms with Crippen molar-refractivity contribution in [3.8, 4) is 0 Å². The molecule has 2 heteroatoms. The second-order valence-electron chi connectivity index (χ2n) is 2.94. The normalized spacial score (nSPS) is 13.2. The second kappa shape index (κ2) is 9.01. The molecule has 0 spiro atoms. The van der Waals surface area contributed by atoms with Crippen LogP contribution in [0.4, 0.5) is 0 Å². The van der Waals surface area contributed by atoms with E-state index in [1.165, 1.54) is 6.42 Å². The van der Waals surface area contributed by atoms with Crippen LogP contribution in [0.3, 0.4) is 0 Å². The van der Waals surface area contributed by atoms with Crippen LogP contribution in [0, 0.1) is 0 Å². The quantitative estimate of drug-likeness (QED) is 0.527. The van der Waals surface area contributed by atoms with E-state index in [1.54, 1.807) is 0 Å². The van der Waals surface area contributed by atoms with Gasteiger partial charge in [0, 0.05) is 13.2 Å². The van der Waals surface area contributed by atoms with Gasteiger partial charge >= 0.3 is 0 Å². The maximum atomic E-state index is 5.50. The van der Waals surface area contributed by atoms with Crippen LogP contribution < -0.4 is 0 Å². The molecule has 1 atom stereocenters. The van der Waals surface area contributed by atoms with Gasteiger partial charge in [-0.1, -0.05) is 20.3 Å². The summed E-state index contributed by atoms with van der Waals surface area (Å²) in [4.78, 5) is 0. The van der Waals surface area contributed by atoms with Gasteiger partial charge in [0.2, 0.25) is 0 Å². The Kier molecular flexibility index (Phi) is 8.95. The summed E-state index contributed by atoms with van der Waals surface area (Å²) in [6.45, 7) is 8.73. The van der Waals surface area contributed by atoms with Crippen molar-refractivity contribution >= 4 is 0 Å². The van der Waals surface area contributed by atoms with Crippen molar-refractivity contribution < 1.29 is 9.47 Å². The fraction of sp³-hybridized carbons (Fsp3) is 1.00. The zero-order valence-electron chi connectivity index (χ0n) is 8.64. The first kappa shape index (κ1) is 11.9. The molecular formula is C10H22O2. The van der Waals surface area contributed by atoms with Gasteiger partial charge in [-0.3, -0.25) is 0 Å². The lowest BCUT2D eigenvalue weighted by molar-refractivity contribution is -0.0156. The molecule has 0 N–H and O–H groups in total. The van der Waals surface area contributed by atoms with Gasteiger partial charge < -0.3 is 9.47 Å². The Bertz CT molecular complexity index is 77.9. The summed E-state index contributed by atoms with van der Waals surface area (Å²) in [7, 11) is 0. The Morgan fingerprint density at radius 3 is 2.33 bits per heavy atom. The topological polar surface area (TPSA) is 18.5 Å². The first-order valence-corrected chi connectivity index (χ1v) is 5.04. The van der Waals surface area contributed by atoms with E-state index < -0.39 is 0 Å². The molecule has 0 aliphatic rings. The number of rotatable bonds is 8. The number of hydrogen-bond acceptors (Lipinski definition) is 2. The van der Waals surface area contributed by atoms with Crippen LogP contribution in [-0.4, -0.2) is 25.9 Å². The molecule has 1 unspecified atom stereocenters. The van der Waals surface area contributed by atoms with Crippen molar-refractivity contribution in [1.29, 1.82) is 0 Å². The minimum absolute atomic E-state index is 0.312. The summed E-state index contributed by atoms with van der Waals surface area (Å²) in [6.07, 6.45) is 3.68. The van der Waals surface area contributed by atoms with E-state index in [2.05, 4.69) is 13.8 Å². The van der Waals surface area contributed by atoms with Crippen LogP contribution in [0.5, 0.6) is 0 Å². The van der Waals surface area contributed by atoms with E-state index in [0.717, 1.165) is 32.7 Å². The molecule has 2 nitrogen and oxygen atoms in total. The molecule has 0 saturated carbocycles. The lowest BCUT2D eigenvalue weighted by atomic mass is 10.2. The predicted molar refractivity (Wildman–Crippen MR) is 51.4 cm³/mol. The molecule has 0 heterocycles. The summed E-state index contributed by atoms with van der Waals surface area (Å²) in [6, 6.07) is 0. The Hall–Kier alpha value is -0.0800. The van der Waals surface area contributed by atoms with Gasteiger partial charge in [-0.2, -0.15) is 0 Å². The molecule has 0 rings (SSSR count). The fourth-order valence-electron chi connectivity index (χ4n) is 1.13. The fourth-order valence-corrected chi connectivity index (χ4v) is 1.13. The minimum Gasteiger partial charge on any atom is -0.379 e. The molecule has 0 aromatic carbocycles. The summed E-state index contributed by atoms with van der Waals surface area (Å²) in [5.74, 6) is 0. The average Bonchev–Trinajstić information content (AvgIpc) is 2.06. The van der Waals surface area contributed by atoms with E-state index in [0.29, 0.717) is 6.10 Å². The zero-order valence-corrected chi connectivity index (χ0v) is 8.64. The molecule has 0 aromatic heterocycles. The molecule has 0 radical (unpaired) electrons. The Labute approximate surface area is 76.3 Å². The van der Waals surface area contributed by atoms with Gasteiger partial charge in [0.15, 0.2) is 0 Å². The van der Waals surface area contributed by atoms with Gasteiger partial charge in [-0.25, -0.2) is 0 Å². The van der Waals surface area contributed by atoms with Crippen LogP contribution in [0.2, 0.25) is 0 Å². The zero-order chi connectivity index (χ0) is 9.23. The van der Waals surface area contributed by atoms with Crippen molar-refractivity contribution in [2.75, 3.05) is 19.8 Å². The highest BCUT2D eigenvalue weighted by Crippen LogP contribution is 2.02. The van der Waals surface area contributed by atoms with Gasteiger partial charge in [0.05, 0.1) is 12.7 Å². The van der Waals surface area contributed by atoms with E-state index in [9.17, 15) is 0 Å². The van der Waals surface area contributed by atoms with Crippen molar-refractivity contribution in [3.05, 3.63) is 0 Å². The lowest BCUT2D eigenvalue weighted by Crippen LogP contribution is -2.19. The molecular weight excluding hydrogens is 152 g/mol. The maximum Gasteiger partial charge on any atom is 0.0808 e. The van der Waals surface area contributed by atoms with Crippen molar-refractivity contribution in [2.24, 2.45) is 0 Å². The molecule has 0 saturated heterocycles. The van der Waals surface area contributed by atoms with Crippen LogP contribution in [0.25, 0.3) is 0 Å². The second-order valence-corrected chi connectivity index (χ2v) is 2.94. The first-order chi connectivity index (χ1) is 5.85. The molecule has 0 aliphatic carbocycles. The maximum absolute atomic E-state index is 5.50. The summed E-state index contributed by atoms with van der Waals surface area (Å²) in [5.41, 5.74) is 0. The highest BCUT2D eigenvalue weighted by molar-refractivity contribution is 4.54. The van der Waals surface area contributed by atoms with Gasteiger partial charge in [-0.05, 0) is 19.8 Å². The molecule has 0 bridgehead atoms. The summed E-state index contributed by atoms with van der Waals surface area (Å²) in [5, 5.41) is 0. The molecule has 0 fully saturated rings. The minimum atomic E-state index is 0.312. The summed E-state index contributed by atoms with van der Waals surface area (Å²) >= 11 is 0. The van der Waals surface area contributed by atoms with Gasteiger partial charge in [0.25, 0.3) is 0 Å². The van der Waals surface area contributed by atoms with E-state index >= 15 is 0 Å². The third kappa shape index (κ3) is 6.62. The standard InChI is InChI=1S/C10H22O2/c1-4-7-10(12-6-3)9-11-8-5-2/h10H,4-9H2,1-3H3. The largest absolute Gasteiger partial charge is 0.379 e. The number of hydrogen-bond donors (Lipinski definition) is 0. The monoisotopic (exact) mass is 174 g/mol. The van der Waals surface area contributed by atoms with Crippen molar-refractivity contribution in [3.63, 3.8) is 0 Å². The SMILES string of the molecule is CCCOCC(CCC)OCC. The summed E-state index contributed by atoms with van der Waals surface area (Å²) < 4.78 is 10.9. The smallest absolute Gasteiger partial charge is 0.0808 e. The molecule has 0 amide bonds. The molecule has 74 valence electrons. The van der Waals surface area contributed by atoms with Crippen LogP contribution in [0.1, 0.15) is 40.0 Å². The first-order valence-electron chi connectivity index (χ1n) is 5.04. The average molecular weight is 174 g/mol. The van der Waals surface area contributed by atoms with Crippen LogP contribution in [0.15, 0.2) is 0 Å². The molecule has 12 heavy (non-hydrogen) atoms. The van der Waals surface area contributed by atoms with Crippen LogP contribution in [-0.2, 0) is 9.47 Å². The third-order valence-electron chi connectivity index (χ3n) is 1.67. The molecule has 0 aromatic rings. The van der Waals surface area contributed by atoms with E-state index in [4.69, 9.17) is 9.47 Å². The molecule has 0 aliphatic heterocycles.